The van der Waals surface area contributed by atoms with Crippen LogP contribution in [0.15, 0.2) is 22.1 Å². The second-order valence-electron chi connectivity index (χ2n) is 7.47. The van der Waals surface area contributed by atoms with E-state index in [-0.39, 0.29) is 36.1 Å². The zero-order valence-corrected chi connectivity index (χ0v) is 18.4. The summed E-state index contributed by atoms with van der Waals surface area (Å²) in [5.41, 5.74) is 7.34. The Balaban J connectivity index is 0.00000182. The lowest BCUT2D eigenvalue weighted by atomic mass is 9.98. The molecule has 0 atom stereocenters. The van der Waals surface area contributed by atoms with Crippen molar-refractivity contribution in [1.82, 2.24) is 14.8 Å². The average Bonchev–Trinajstić information content (AvgIpc) is 3.23. The summed E-state index contributed by atoms with van der Waals surface area (Å²) in [6.45, 7) is 10.9. The van der Waals surface area contributed by atoms with Gasteiger partial charge < -0.3 is 15.1 Å². The molecule has 0 bridgehead atoms. The van der Waals surface area contributed by atoms with Gasteiger partial charge in [-0.25, -0.2) is 4.98 Å². The molecule has 0 aromatic carbocycles. The fraction of sp³-hybridized carbons (Fsp3) is 0.556. The summed E-state index contributed by atoms with van der Waals surface area (Å²) in [6, 6.07) is 1.73. The van der Waals surface area contributed by atoms with Gasteiger partial charge >= 0.3 is 0 Å². The zero-order valence-electron chi connectivity index (χ0n) is 15.9. The molecule has 0 unspecified atom stereocenters. The minimum Gasteiger partial charge on any atom is -0.467 e. The zero-order chi connectivity index (χ0) is 18.0. The maximum Gasteiger partial charge on any atom is 0.257 e. The van der Waals surface area contributed by atoms with Crippen LogP contribution in [0.3, 0.4) is 0 Å². The van der Waals surface area contributed by atoms with Crippen molar-refractivity contribution >= 4 is 42.1 Å². The summed E-state index contributed by atoms with van der Waals surface area (Å²) in [4.78, 5) is 21.5. The predicted molar refractivity (Wildman–Crippen MR) is 113 cm³/mol. The lowest BCUT2D eigenvalue weighted by Gasteiger charge is -2.34. The number of thiazole rings is 1. The van der Waals surface area contributed by atoms with E-state index in [1.807, 2.05) is 4.90 Å². The van der Waals surface area contributed by atoms with Crippen LogP contribution in [0.5, 0.6) is 0 Å². The Bertz CT molecular complexity index is 734. The van der Waals surface area contributed by atoms with Gasteiger partial charge in [0.25, 0.3) is 5.91 Å². The van der Waals surface area contributed by atoms with Crippen molar-refractivity contribution in [2.45, 2.75) is 39.3 Å². The minimum atomic E-state index is 0. The first-order valence-corrected chi connectivity index (χ1v) is 9.49. The monoisotopic (exact) mass is 434 g/mol. The molecule has 1 amide bonds. The highest BCUT2D eigenvalue weighted by molar-refractivity contribution is 7.09. The Morgan fingerprint density at radius 2 is 1.93 bits per heavy atom. The van der Waals surface area contributed by atoms with Gasteiger partial charge in [-0.15, -0.1) is 36.2 Å². The normalized spacial score (nSPS) is 15.2. The van der Waals surface area contributed by atoms with E-state index in [2.05, 4.69) is 31.1 Å². The standard InChI is InChI=1S/C18H26N4O2S.2ClH/c1-18(2,3)17-20-14(12-25-17)10-21-4-6-22(7-5-21)16(23)13-8-15(9-19)24-11-13;;/h8,11-12H,4-7,9-10,19H2,1-3H3;2*1H. The van der Waals surface area contributed by atoms with Crippen molar-refractivity contribution in [1.29, 1.82) is 0 Å². The van der Waals surface area contributed by atoms with Gasteiger partial charge in [0.05, 0.1) is 22.8 Å². The molecule has 2 aromatic heterocycles. The Morgan fingerprint density at radius 1 is 1.26 bits per heavy atom. The van der Waals surface area contributed by atoms with Crippen LogP contribution in [0.2, 0.25) is 0 Å². The first kappa shape index (κ1) is 23.9. The molecule has 1 saturated heterocycles. The van der Waals surface area contributed by atoms with E-state index in [9.17, 15) is 4.79 Å². The van der Waals surface area contributed by atoms with Gasteiger partial charge in [0.2, 0.25) is 0 Å². The van der Waals surface area contributed by atoms with E-state index >= 15 is 0 Å². The smallest absolute Gasteiger partial charge is 0.257 e. The fourth-order valence-corrected chi connectivity index (χ4v) is 3.74. The maximum absolute atomic E-state index is 12.5. The maximum atomic E-state index is 12.5. The number of halogens is 2. The third-order valence-electron chi connectivity index (χ3n) is 4.34. The van der Waals surface area contributed by atoms with Crippen molar-refractivity contribution in [3.8, 4) is 0 Å². The number of rotatable bonds is 4. The van der Waals surface area contributed by atoms with Crippen LogP contribution >= 0.6 is 36.2 Å². The molecule has 3 heterocycles. The highest BCUT2D eigenvalue weighted by atomic mass is 35.5. The van der Waals surface area contributed by atoms with Crippen molar-refractivity contribution in [2.75, 3.05) is 26.2 Å². The molecule has 0 saturated carbocycles. The summed E-state index contributed by atoms with van der Waals surface area (Å²) in [7, 11) is 0. The number of aromatic nitrogens is 1. The summed E-state index contributed by atoms with van der Waals surface area (Å²) < 4.78 is 5.27. The molecule has 0 radical (unpaired) electrons. The Morgan fingerprint density at radius 3 is 2.44 bits per heavy atom. The van der Waals surface area contributed by atoms with Gasteiger partial charge in [-0.05, 0) is 6.07 Å². The van der Waals surface area contributed by atoms with E-state index in [1.165, 1.54) is 11.3 Å². The molecule has 2 aromatic rings. The fourth-order valence-electron chi connectivity index (χ4n) is 2.84. The molecule has 2 N–H and O–H groups in total. The van der Waals surface area contributed by atoms with E-state index < -0.39 is 0 Å². The molecule has 0 spiro atoms. The highest BCUT2D eigenvalue weighted by Gasteiger charge is 2.24. The van der Waals surface area contributed by atoms with Crippen molar-refractivity contribution in [3.05, 3.63) is 39.7 Å². The van der Waals surface area contributed by atoms with Crippen LogP contribution < -0.4 is 5.73 Å². The number of hydrogen-bond donors (Lipinski definition) is 1. The Hall–Kier alpha value is -1.12. The molecule has 1 aliphatic rings. The second kappa shape index (κ2) is 9.89. The number of furan rings is 1. The van der Waals surface area contributed by atoms with Gasteiger partial charge in [0.15, 0.2) is 0 Å². The van der Waals surface area contributed by atoms with Gasteiger partial charge in [-0.1, -0.05) is 20.8 Å². The lowest BCUT2D eigenvalue weighted by Crippen LogP contribution is -2.48. The van der Waals surface area contributed by atoms with Crippen LogP contribution in [0, 0.1) is 0 Å². The number of nitrogens with zero attached hydrogens (tertiary/aromatic N) is 3. The topological polar surface area (TPSA) is 75.6 Å². The number of amides is 1. The van der Waals surface area contributed by atoms with Gasteiger partial charge in [0.1, 0.15) is 12.0 Å². The first-order valence-electron chi connectivity index (χ1n) is 8.61. The number of carbonyl (C=O) groups excluding carboxylic acids is 1. The van der Waals surface area contributed by atoms with E-state index in [0.29, 0.717) is 17.9 Å². The van der Waals surface area contributed by atoms with Gasteiger partial charge in [-0.2, -0.15) is 0 Å². The van der Waals surface area contributed by atoms with Crippen molar-refractivity contribution in [2.24, 2.45) is 5.73 Å². The number of carbonyl (C=O) groups is 1. The molecule has 6 nitrogen and oxygen atoms in total. The average molecular weight is 435 g/mol. The summed E-state index contributed by atoms with van der Waals surface area (Å²) in [6.07, 6.45) is 1.50. The highest BCUT2D eigenvalue weighted by Crippen LogP contribution is 2.26. The van der Waals surface area contributed by atoms with E-state index in [4.69, 9.17) is 15.1 Å². The SMILES string of the molecule is CC(C)(C)c1nc(CN2CCN(C(=O)c3coc(CN)c3)CC2)cs1.Cl.Cl. The Labute approximate surface area is 176 Å². The number of hydrogen-bond acceptors (Lipinski definition) is 6. The number of piperazine rings is 1. The van der Waals surface area contributed by atoms with Crippen LogP contribution in [-0.2, 0) is 18.5 Å². The van der Waals surface area contributed by atoms with Crippen LogP contribution in [0.4, 0.5) is 0 Å². The molecule has 9 heteroatoms. The summed E-state index contributed by atoms with van der Waals surface area (Å²) in [5.74, 6) is 0.659. The van der Waals surface area contributed by atoms with Gasteiger partial charge in [0, 0.05) is 43.5 Å². The minimum absolute atomic E-state index is 0. The molecular formula is C18H28Cl2N4O2S. The quantitative estimate of drug-likeness (QED) is 0.798. The first-order chi connectivity index (χ1) is 11.9. The predicted octanol–water partition coefficient (Wildman–Crippen LogP) is 3.29. The molecule has 1 fully saturated rings. The molecule has 27 heavy (non-hydrogen) atoms. The van der Waals surface area contributed by atoms with Crippen LogP contribution in [0.25, 0.3) is 0 Å². The molecular weight excluding hydrogens is 407 g/mol. The van der Waals surface area contributed by atoms with Crippen molar-refractivity contribution in [3.63, 3.8) is 0 Å². The third-order valence-corrected chi connectivity index (χ3v) is 5.66. The molecule has 152 valence electrons. The van der Waals surface area contributed by atoms with E-state index in [1.54, 1.807) is 17.4 Å². The van der Waals surface area contributed by atoms with Crippen LogP contribution in [-0.4, -0.2) is 46.9 Å². The van der Waals surface area contributed by atoms with E-state index in [0.717, 1.165) is 38.4 Å². The lowest BCUT2D eigenvalue weighted by molar-refractivity contribution is 0.0626. The van der Waals surface area contributed by atoms with Crippen LogP contribution in [0.1, 0.15) is 47.6 Å². The summed E-state index contributed by atoms with van der Waals surface area (Å²) >= 11 is 1.73. The largest absolute Gasteiger partial charge is 0.467 e. The molecule has 0 aliphatic carbocycles. The Kier molecular flexibility index (Phi) is 8.76. The summed E-state index contributed by atoms with van der Waals surface area (Å²) in [5, 5.41) is 3.32. The van der Waals surface area contributed by atoms with Crippen molar-refractivity contribution < 1.29 is 9.21 Å². The third kappa shape index (κ3) is 5.93. The molecule has 1 aliphatic heterocycles. The van der Waals surface area contributed by atoms with Gasteiger partial charge in [-0.3, -0.25) is 9.69 Å². The second-order valence-corrected chi connectivity index (χ2v) is 8.33. The number of nitrogens with two attached hydrogens (primary N) is 1. The molecule has 3 rings (SSSR count).